The first-order chi connectivity index (χ1) is 13.2. The van der Waals surface area contributed by atoms with Gasteiger partial charge in [0.25, 0.3) is 11.1 Å². The number of thioether (sulfide) groups is 1. The fourth-order valence-electron chi connectivity index (χ4n) is 4.03. The van der Waals surface area contributed by atoms with Crippen LogP contribution in [-0.4, -0.2) is 29.7 Å². The summed E-state index contributed by atoms with van der Waals surface area (Å²) < 4.78 is 5.44. The molecule has 1 heterocycles. The summed E-state index contributed by atoms with van der Waals surface area (Å²) in [5, 5.41) is 1.86. The average molecular weight is 381 g/mol. The minimum atomic E-state index is -0.157. The molecule has 2 aromatic rings. The van der Waals surface area contributed by atoms with Crippen molar-refractivity contribution in [1.29, 1.82) is 0 Å². The van der Waals surface area contributed by atoms with E-state index in [2.05, 4.69) is 0 Å². The van der Waals surface area contributed by atoms with Crippen LogP contribution in [0.4, 0.5) is 4.79 Å². The van der Waals surface area contributed by atoms with Crippen LogP contribution in [0.1, 0.15) is 37.7 Å². The third-order valence-corrected chi connectivity index (χ3v) is 6.37. The Morgan fingerprint density at radius 2 is 1.81 bits per heavy atom. The smallest absolute Gasteiger partial charge is 0.293 e. The number of nitrogens with zero attached hydrogens (tertiary/aromatic N) is 1. The molecule has 27 heavy (non-hydrogen) atoms. The molecule has 0 unspecified atom stereocenters. The third-order valence-electron chi connectivity index (χ3n) is 5.46. The monoisotopic (exact) mass is 381 g/mol. The Kier molecular flexibility index (Phi) is 5.21. The number of hydrogen-bond donors (Lipinski definition) is 0. The largest absolute Gasteiger partial charge is 0.496 e. The Labute approximate surface area is 163 Å². The van der Waals surface area contributed by atoms with Gasteiger partial charge in [0.15, 0.2) is 0 Å². The molecule has 0 aromatic heterocycles. The number of hydrogen-bond acceptors (Lipinski definition) is 4. The second-order valence-electron chi connectivity index (χ2n) is 7.20. The van der Waals surface area contributed by atoms with E-state index in [9.17, 15) is 9.59 Å². The number of ether oxygens (including phenoxy) is 1. The molecule has 2 fully saturated rings. The van der Waals surface area contributed by atoms with E-state index in [4.69, 9.17) is 4.74 Å². The van der Waals surface area contributed by atoms with Gasteiger partial charge >= 0.3 is 0 Å². The first-order valence-electron chi connectivity index (χ1n) is 9.48. The molecule has 2 amide bonds. The molecule has 0 radical (unpaired) electrons. The molecule has 4 nitrogen and oxygen atoms in total. The number of rotatable bonds is 4. The first kappa shape index (κ1) is 18.1. The molecule has 1 aliphatic heterocycles. The lowest BCUT2D eigenvalue weighted by molar-refractivity contribution is -0.123. The van der Waals surface area contributed by atoms with Gasteiger partial charge in [-0.2, -0.15) is 0 Å². The molecule has 140 valence electrons. The maximum absolute atomic E-state index is 12.8. The number of carbonyl (C=O) groups is 2. The minimum Gasteiger partial charge on any atom is -0.496 e. The molecule has 0 atom stereocenters. The highest BCUT2D eigenvalue weighted by molar-refractivity contribution is 8.18. The third kappa shape index (κ3) is 3.61. The average Bonchev–Trinajstić information content (AvgIpc) is 2.96. The topological polar surface area (TPSA) is 46.6 Å². The van der Waals surface area contributed by atoms with Crippen molar-refractivity contribution < 1.29 is 14.3 Å². The van der Waals surface area contributed by atoms with Crippen molar-refractivity contribution in [3.05, 3.63) is 46.9 Å². The van der Waals surface area contributed by atoms with Crippen LogP contribution >= 0.6 is 11.8 Å². The van der Waals surface area contributed by atoms with Gasteiger partial charge in [-0.1, -0.05) is 49.6 Å². The Morgan fingerprint density at radius 3 is 2.56 bits per heavy atom. The normalized spacial score (nSPS) is 20.0. The lowest BCUT2D eigenvalue weighted by atomic mass is 9.89. The zero-order valence-electron chi connectivity index (χ0n) is 15.4. The van der Waals surface area contributed by atoms with Gasteiger partial charge in [-0.25, -0.2) is 0 Å². The van der Waals surface area contributed by atoms with E-state index < -0.39 is 0 Å². The molecule has 0 N–H and O–H groups in total. The van der Waals surface area contributed by atoms with Crippen LogP contribution in [0.3, 0.4) is 0 Å². The lowest BCUT2D eigenvalue weighted by Crippen LogP contribution is -2.34. The van der Waals surface area contributed by atoms with Crippen molar-refractivity contribution in [2.24, 2.45) is 5.92 Å². The molecule has 5 heteroatoms. The van der Waals surface area contributed by atoms with Crippen molar-refractivity contribution in [2.45, 2.75) is 32.1 Å². The van der Waals surface area contributed by atoms with Crippen LogP contribution in [0.5, 0.6) is 5.75 Å². The van der Waals surface area contributed by atoms with Crippen LogP contribution in [0, 0.1) is 5.92 Å². The number of amides is 2. The van der Waals surface area contributed by atoms with E-state index in [0.717, 1.165) is 46.7 Å². The summed E-state index contributed by atoms with van der Waals surface area (Å²) in [5.74, 6) is 1.09. The maximum atomic E-state index is 12.8. The molecular weight excluding hydrogens is 358 g/mol. The Hall–Kier alpha value is -2.27. The van der Waals surface area contributed by atoms with Crippen molar-refractivity contribution in [2.75, 3.05) is 13.7 Å². The van der Waals surface area contributed by atoms with Crippen LogP contribution in [0.25, 0.3) is 16.8 Å². The molecule has 4 rings (SSSR count). The van der Waals surface area contributed by atoms with Crippen molar-refractivity contribution >= 4 is 39.8 Å². The van der Waals surface area contributed by atoms with Crippen molar-refractivity contribution in [1.82, 2.24) is 4.90 Å². The maximum Gasteiger partial charge on any atom is 0.293 e. The van der Waals surface area contributed by atoms with E-state index in [1.807, 2.05) is 42.5 Å². The zero-order chi connectivity index (χ0) is 18.8. The SMILES string of the molecule is COc1ccc(/C=C2/SC(=O)N(CC3CCCCC3)C2=O)c2ccccc12. The highest BCUT2D eigenvalue weighted by Gasteiger charge is 2.36. The number of imide groups is 1. The summed E-state index contributed by atoms with van der Waals surface area (Å²) in [6.07, 6.45) is 7.74. The predicted octanol–water partition coefficient (Wildman–Crippen LogP) is 5.47. The van der Waals surface area contributed by atoms with Gasteiger partial charge < -0.3 is 4.74 Å². The molecule has 0 bridgehead atoms. The van der Waals surface area contributed by atoms with Crippen molar-refractivity contribution in [3.8, 4) is 5.75 Å². The molecule has 2 aromatic carbocycles. The van der Waals surface area contributed by atoms with E-state index in [0.29, 0.717) is 17.4 Å². The second kappa shape index (κ2) is 7.77. The second-order valence-corrected chi connectivity index (χ2v) is 8.19. The van der Waals surface area contributed by atoms with Crippen molar-refractivity contribution in [3.63, 3.8) is 0 Å². The summed E-state index contributed by atoms with van der Waals surface area (Å²) in [5.41, 5.74) is 0.926. The lowest BCUT2D eigenvalue weighted by Gasteiger charge is -2.25. The summed E-state index contributed by atoms with van der Waals surface area (Å²) in [6.45, 7) is 0.561. The van der Waals surface area contributed by atoms with Crippen LogP contribution in [0.15, 0.2) is 41.3 Å². The van der Waals surface area contributed by atoms with Gasteiger partial charge in [0.2, 0.25) is 0 Å². The molecule has 0 spiro atoms. The highest BCUT2D eigenvalue weighted by Crippen LogP contribution is 2.37. The minimum absolute atomic E-state index is 0.144. The standard InChI is InChI=1S/C22H23NO3S/c1-26-19-12-11-16(17-9-5-6-10-18(17)19)13-20-21(24)23(22(25)27-20)14-15-7-3-2-4-8-15/h5-6,9-13,15H,2-4,7-8,14H2,1H3/b20-13+. The van der Waals surface area contributed by atoms with E-state index in [1.54, 1.807) is 7.11 Å². The fraction of sp³-hybridized carbons (Fsp3) is 0.364. The molecule has 1 aliphatic carbocycles. The van der Waals surface area contributed by atoms with Gasteiger partial charge in [-0.15, -0.1) is 0 Å². The van der Waals surface area contributed by atoms with Gasteiger partial charge in [-0.3, -0.25) is 14.5 Å². The van der Waals surface area contributed by atoms with Gasteiger partial charge in [0.05, 0.1) is 12.0 Å². The summed E-state index contributed by atoms with van der Waals surface area (Å²) in [7, 11) is 1.65. The predicted molar refractivity (Wildman–Crippen MR) is 110 cm³/mol. The fourth-order valence-corrected chi connectivity index (χ4v) is 4.86. The van der Waals surface area contributed by atoms with Gasteiger partial charge in [0, 0.05) is 11.9 Å². The highest BCUT2D eigenvalue weighted by atomic mass is 32.2. The first-order valence-corrected chi connectivity index (χ1v) is 10.3. The summed E-state index contributed by atoms with van der Waals surface area (Å²) in [4.78, 5) is 27.2. The van der Waals surface area contributed by atoms with Crippen LogP contribution in [-0.2, 0) is 4.79 Å². The Balaban J connectivity index is 1.62. The van der Waals surface area contributed by atoms with Gasteiger partial charge in [-0.05, 0) is 53.6 Å². The Bertz CT molecular complexity index is 915. The molecule has 1 saturated carbocycles. The number of benzene rings is 2. The zero-order valence-corrected chi connectivity index (χ0v) is 16.3. The van der Waals surface area contributed by atoms with E-state index >= 15 is 0 Å². The number of carbonyl (C=O) groups excluding carboxylic acids is 2. The van der Waals surface area contributed by atoms with Crippen LogP contribution in [0.2, 0.25) is 0 Å². The van der Waals surface area contributed by atoms with E-state index in [1.165, 1.54) is 24.2 Å². The molecular formula is C22H23NO3S. The summed E-state index contributed by atoms with van der Waals surface area (Å²) >= 11 is 1.05. The molecule has 2 aliphatic rings. The van der Waals surface area contributed by atoms with Gasteiger partial charge in [0.1, 0.15) is 5.75 Å². The number of fused-ring (bicyclic) bond motifs is 1. The van der Waals surface area contributed by atoms with E-state index in [-0.39, 0.29) is 11.1 Å². The van der Waals surface area contributed by atoms with Crippen LogP contribution < -0.4 is 4.74 Å². The summed E-state index contributed by atoms with van der Waals surface area (Å²) in [6, 6.07) is 11.8. The quantitative estimate of drug-likeness (QED) is 0.659. The Morgan fingerprint density at radius 1 is 1.07 bits per heavy atom. The number of methoxy groups -OCH3 is 1. The molecule has 1 saturated heterocycles.